The Bertz CT molecular complexity index is 1060. The van der Waals surface area contributed by atoms with Crippen molar-refractivity contribution in [2.45, 2.75) is 86.7 Å². The highest BCUT2D eigenvalue weighted by Crippen LogP contribution is 2.56. The molecule has 1 saturated carbocycles. The van der Waals surface area contributed by atoms with Gasteiger partial charge in [0.2, 0.25) is 0 Å². The topological polar surface area (TPSA) is 33.4 Å². The molecule has 0 aliphatic heterocycles. The van der Waals surface area contributed by atoms with Crippen LogP contribution in [0.5, 0.6) is 0 Å². The van der Waals surface area contributed by atoms with E-state index in [1.54, 1.807) is 0 Å². The zero-order chi connectivity index (χ0) is 24.0. The Morgan fingerprint density at radius 2 is 1.61 bits per heavy atom. The lowest BCUT2D eigenvalue weighted by molar-refractivity contribution is 0.0320. The second-order valence-corrected chi connectivity index (χ2v) is 12.0. The third kappa shape index (κ3) is 4.92. The number of aryl methyl sites for hydroxylation is 2. The second kappa shape index (κ2) is 8.95. The summed E-state index contributed by atoms with van der Waals surface area (Å²) in [6.45, 7) is 16.3. The number of hydrogen-bond acceptors (Lipinski definition) is 2. The average Bonchev–Trinajstić information content (AvgIpc) is 3.22. The Labute approximate surface area is 200 Å². The van der Waals surface area contributed by atoms with Crippen molar-refractivity contribution >= 4 is 0 Å². The van der Waals surface area contributed by atoms with E-state index >= 15 is 0 Å². The summed E-state index contributed by atoms with van der Waals surface area (Å²) >= 11 is 0. The van der Waals surface area contributed by atoms with Crippen molar-refractivity contribution in [3.05, 3.63) is 81.8 Å². The minimum atomic E-state index is -0.571. The SMILES string of the molecule is CC1=CC2C(C=C1Cc1ccc(C(O)CCc3cccc(C)c3C)o1)C(C)(C)CCC2(C)C. The van der Waals surface area contributed by atoms with Gasteiger partial charge in [0.1, 0.15) is 17.6 Å². The lowest BCUT2D eigenvalue weighted by atomic mass is 9.52. The highest BCUT2D eigenvalue weighted by Gasteiger charge is 2.47. The first-order valence-electron chi connectivity index (χ1n) is 12.7. The lowest BCUT2D eigenvalue weighted by Crippen LogP contribution is -2.44. The van der Waals surface area contributed by atoms with Crippen LogP contribution in [0.3, 0.4) is 0 Å². The van der Waals surface area contributed by atoms with Crippen LogP contribution >= 0.6 is 0 Å². The average molecular weight is 447 g/mol. The molecule has 0 radical (unpaired) electrons. The summed E-state index contributed by atoms with van der Waals surface area (Å²) in [4.78, 5) is 0. The van der Waals surface area contributed by atoms with Crippen molar-refractivity contribution in [3.63, 3.8) is 0 Å². The second-order valence-electron chi connectivity index (χ2n) is 12.0. The quantitative estimate of drug-likeness (QED) is 0.486. The van der Waals surface area contributed by atoms with Gasteiger partial charge >= 0.3 is 0 Å². The van der Waals surface area contributed by atoms with Crippen LogP contribution in [0.25, 0.3) is 0 Å². The molecule has 2 heteroatoms. The molecule has 0 spiro atoms. The summed E-state index contributed by atoms with van der Waals surface area (Å²) in [5, 5.41) is 10.8. The normalized spacial score (nSPS) is 24.6. The molecule has 1 fully saturated rings. The minimum absolute atomic E-state index is 0.321. The van der Waals surface area contributed by atoms with E-state index in [0.29, 0.717) is 34.8 Å². The van der Waals surface area contributed by atoms with Crippen molar-refractivity contribution in [2.24, 2.45) is 22.7 Å². The molecule has 2 nitrogen and oxygen atoms in total. The van der Waals surface area contributed by atoms with E-state index in [1.807, 2.05) is 12.1 Å². The van der Waals surface area contributed by atoms with E-state index in [-0.39, 0.29) is 0 Å². The summed E-state index contributed by atoms with van der Waals surface area (Å²) in [6, 6.07) is 10.4. The van der Waals surface area contributed by atoms with E-state index in [2.05, 4.69) is 78.8 Å². The Hall–Kier alpha value is -2.06. The molecule has 0 bridgehead atoms. The Morgan fingerprint density at radius 1 is 0.939 bits per heavy atom. The molecule has 1 aromatic carbocycles. The molecule has 1 N–H and O–H groups in total. The Kier molecular flexibility index (Phi) is 6.53. The number of hydrogen-bond donors (Lipinski definition) is 1. The molecule has 1 aromatic heterocycles. The molecule has 33 heavy (non-hydrogen) atoms. The fourth-order valence-electron chi connectivity index (χ4n) is 5.90. The maximum atomic E-state index is 10.8. The van der Waals surface area contributed by atoms with E-state index in [1.165, 1.54) is 40.7 Å². The molecule has 3 atom stereocenters. The van der Waals surface area contributed by atoms with Gasteiger partial charge < -0.3 is 9.52 Å². The molecule has 0 saturated heterocycles. The van der Waals surface area contributed by atoms with Gasteiger partial charge in [-0.25, -0.2) is 0 Å². The van der Waals surface area contributed by atoms with Crippen molar-refractivity contribution in [1.29, 1.82) is 0 Å². The zero-order valence-corrected chi connectivity index (χ0v) is 21.7. The summed E-state index contributed by atoms with van der Waals surface area (Å²) in [6.07, 6.45) is 9.39. The first kappa shape index (κ1) is 24.1. The predicted molar refractivity (Wildman–Crippen MR) is 137 cm³/mol. The standard InChI is InChI=1S/C31H42O2/c1-20-9-8-10-23(22(20)3)11-13-28(32)29-14-12-25(33-29)18-24-19-27-26(17-21(24)2)30(4,5)15-16-31(27,6)7/h8-10,12,14,17,19,26-28,32H,11,13,15-16,18H2,1-7H3. The number of aliphatic hydroxyl groups is 1. The summed E-state index contributed by atoms with van der Waals surface area (Å²) in [7, 11) is 0. The molecule has 2 aliphatic rings. The van der Waals surface area contributed by atoms with Crippen LogP contribution in [0.4, 0.5) is 0 Å². The highest BCUT2D eigenvalue weighted by molar-refractivity contribution is 5.39. The Morgan fingerprint density at radius 3 is 2.30 bits per heavy atom. The monoisotopic (exact) mass is 446 g/mol. The highest BCUT2D eigenvalue weighted by atomic mass is 16.4. The maximum absolute atomic E-state index is 10.8. The fraction of sp³-hybridized carbons (Fsp3) is 0.548. The van der Waals surface area contributed by atoms with E-state index in [0.717, 1.165) is 18.6 Å². The van der Waals surface area contributed by atoms with E-state index in [4.69, 9.17) is 4.42 Å². The number of fused-ring (bicyclic) bond motifs is 1. The molecule has 0 amide bonds. The first-order chi connectivity index (χ1) is 15.5. The van der Waals surface area contributed by atoms with Gasteiger partial charge in [0.15, 0.2) is 0 Å². The van der Waals surface area contributed by atoms with Gasteiger partial charge in [-0.1, -0.05) is 63.6 Å². The van der Waals surface area contributed by atoms with Gasteiger partial charge in [0, 0.05) is 6.42 Å². The summed E-state index contributed by atoms with van der Waals surface area (Å²) in [5.41, 5.74) is 7.37. The number of allylic oxidation sites excluding steroid dienone is 4. The van der Waals surface area contributed by atoms with E-state index < -0.39 is 6.10 Å². The van der Waals surface area contributed by atoms with E-state index in [9.17, 15) is 5.11 Å². The Balaban J connectivity index is 1.45. The van der Waals surface area contributed by atoms with Crippen molar-refractivity contribution in [2.75, 3.05) is 0 Å². The maximum Gasteiger partial charge on any atom is 0.132 e. The molecule has 3 unspecified atom stereocenters. The van der Waals surface area contributed by atoms with Gasteiger partial charge in [0.25, 0.3) is 0 Å². The lowest BCUT2D eigenvalue weighted by Gasteiger charge is -2.52. The predicted octanol–water partition coefficient (Wildman–Crippen LogP) is 8.07. The molecular weight excluding hydrogens is 404 g/mol. The third-order valence-electron chi connectivity index (χ3n) is 8.70. The van der Waals surface area contributed by atoms with Crippen molar-refractivity contribution < 1.29 is 9.52 Å². The summed E-state index contributed by atoms with van der Waals surface area (Å²) in [5.74, 6) is 2.80. The first-order valence-corrected chi connectivity index (χ1v) is 12.7. The van der Waals surface area contributed by atoms with Crippen LogP contribution in [0.1, 0.15) is 88.2 Å². The van der Waals surface area contributed by atoms with Crippen LogP contribution in [-0.2, 0) is 12.8 Å². The summed E-state index contributed by atoms with van der Waals surface area (Å²) < 4.78 is 6.15. The van der Waals surface area contributed by atoms with Crippen LogP contribution in [0.2, 0.25) is 0 Å². The largest absolute Gasteiger partial charge is 0.463 e. The van der Waals surface area contributed by atoms with Crippen LogP contribution in [0, 0.1) is 36.5 Å². The fourth-order valence-corrected chi connectivity index (χ4v) is 5.90. The van der Waals surface area contributed by atoms with Gasteiger partial charge in [-0.15, -0.1) is 0 Å². The molecule has 178 valence electrons. The smallest absolute Gasteiger partial charge is 0.132 e. The molecule has 4 rings (SSSR count). The van der Waals surface area contributed by atoms with Crippen LogP contribution < -0.4 is 0 Å². The number of benzene rings is 1. The zero-order valence-electron chi connectivity index (χ0n) is 21.7. The van der Waals surface area contributed by atoms with Gasteiger partial charge in [0.05, 0.1) is 0 Å². The van der Waals surface area contributed by atoms with Crippen LogP contribution in [-0.4, -0.2) is 5.11 Å². The van der Waals surface area contributed by atoms with Gasteiger partial charge in [-0.2, -0.15) is 0 Å². The molecule has 2 aromatic rings. The number of rotatable bonds is 6. The minimum Gasteiger partial charge on any atom is -0.463 e. The molecule has 1 heterocycles. The van der Waals surface area contributed by atoms with Crippen molar-refractivity contribution in [3.8, 4) is 0 Å². The molecule has 2 aliphatic carbocycles. The number of furan rings is 1. The van der Waals surface area contributed by atoms with Crippen molar-refractivity contribution in [1.82, 2.24) is 0 Å². The van der Waals surface area contributed by atoms with Gasteiger partial charge in [-0.3, -0.25) is 0 Å². The van der Waals surface area contributed by atoms with Gasteiger partial charge in [-0.05, 0) is 104 Å². The van der Waals surface area contributed by atoms with Crippen LogP contribution in [0.15, 0.2) is 58.0 Å². The molecular formula is C31H42O2. The number of aliphatic hydroxyl groups excluding tert-OH is 1. The third-order valence-corrected chi connectivity index (χ3v) is 8.70.